The maximum atomic E-state index is 10.6. The Labute approximate surface area is 109 Å². The zero-order valence-corrected chi connectivity index (χ0v) is 11.3. The van der Waals surface area contributed by atoms with Gasteiger partial charge in [0.25, 0.3) is 0 Å². The number of hydrogen-bond acceptors (Lipinski definition) is 4. The summed E-state index contributed by atoms with van der Waals surface area (Å²) in [5.74, 6) is 0. The largest absolute Gasteiger partial charge is 1.00 e. The standard InChI is InChI=1S/C7H8ClNO3S.Na/c1-4-5(8)2-3-6(7(4)9)13(10,11)12;/h2-3H,9H2,1H3,(H,10,11,12);/q;+1/p-1. The summed E-state index contributed by atoms with van der Waals surface area (Å²) in [5, 5.41) is 0.338. The third kappa shape index (κ3) is 2.85. The molecule has 7 heteroatoms. The summed E-state index contributed by atoms with van der Waals surface area (Å²) >= 11 is 5.66. The zero-order chi connectivity index (χ0) is 10.2. The van der Waals surface area contributed by atoms with Crippen molar-refractivity contribution < 1.29 is 42.5 Å². The molecule has 0 aliphatic rings. The second-order valence-electron chi connectivity index (χ2n) is 2.54. The monoisotopic (exact) mass is 243 g/mol. The van der Waals surface area contributed by atoms with E-state index in [9.17, 15) is 13.0 Å². The second-order valence-corrected chi connectivity index (χ2v) is 4.29. The van der Waals surface area contributed by atoms with E-state index in [1.165, 1.54) is 6.07 Å². The van der Waals surface area contributed by atoms with Gasteiger partial charge in [-0.2, -0.15) is 0 Å². The predicted octanol–water partition coefficient (Wildman–Crippen LogP) is -1.86. The van der Waals surface area contributed by atoms with Crippen molar-refractivity contribution in [3.8, 4) is 0 Å². The van der Waals surface area contributed by atoms with Crippen LogP contribution in [0, 0.1) is 6.92 Å². The van der Waals surface area contributed by atoms with Crippen molar-refractivity contribution in [1.82, 2.24) is 0 Å². The molecular weight excluding hydrogens is 237 g/mol. The number of nitrogens with two attached hydrogens (primary N) is 1. The molecular formula is C7H7ClNNaO3S. The van der Waals surface area contributed by atoms with E-state index in [1.54, 1.807) is 6.92 Å². The number of halogens is 1. The Kier molecular flexibility index (Phi) is 4.90. The van der Waals surface area contributed by atoms with Crippen LogP contribution in [-0.2, 0) is 10.1 Å². The molecule has 2 N–H and O–H groups in total. The molecule has 0 radical (unpaired) electrons. The summed E-state index contributed by atoms with van der Waals surface area (Å²) in [4.78, 5) is -0.422. The first-order chi connectivity index (χ1) is 5.84. The molecule has 1 aromatic carbocycles. The Bertz CT molecular complexity index is 446. The van der Waals surface area contributed by atoms with Gasteiger partial charge in [0.15, 0.2) is 0 Å². The molecule has 0 bridgehead atoms. The van der Waals surface area contributed by atoms with Crippen molar-refractivity contribution in [2.45, 2.75) is 11.8 Å². The number of nitrogen functional groups attached to an aromatic ring is 1. The summed E-state index contributed by atoms with van der Waals surface area (Å²) in [7, 11) is -4.51. The first kappa shape index (κ1) is 14.2. The summed E-state index contributed by atoms with van der Waals surface area (Å²) in [6.45, 7) is 1.55. The molecule has 0 aromatic heterocycles. The van der Waals surface area contributed by atoms with Crippen molar-refractivity contribution >= 4 is 27.4 Å². The topological polar surface area (TPSA) is 83.2 Å². The molecule has 0 fully saturated rings. The molecule has 4 nitrogen and oxygen atoms in total. The van der Waals surface area contributed by atoms with E-state index >= 15 is 0 Å². The van der Waals surface area contributed by atoms with E-state index in [-0.39, 0.29) is 35.2 Å². The molecule has 1 aromatic rings. The van der Waals surface area contributed by atoms with E-state index in [1.807, 2.05) is 0 Å². The average molecular weight is 244 g/mol. The van der Waals surface area contributed by atoms with Gasteiger partial charge in [-0.3, -0.25) is 0 Å². The summed E-state index contributed by atoms with van der Waals surface area (Å²) in [5.41, 5.74) is 5.73. The Morgan fingerprint density at radius 1 is 1.43 bits per heavy atom. The zero-order valence-electron chi connectivity index (χ0n) is 7.74. The number of anilines is 1. The fourth-order valence-electron chi connectivity index (χ4n) is 0.895. The quantitative estimate of drug-likeness (QED) is 0.356. The first-order valence-electron chi connectivity index (χ1n) is 3.34. The van der Waals surface area contributed by atoms with E-state index in [0.29, 0.717) is 10.6 Å². The molecule has 0 atom stereocenters. The van der Waals surface area contributed by atoms with Gasteiger partial charge in [0.2, 0.25) is 0 Å². The number of rotatable bonds is 1. The Morgan fingerprint density at radius 3 is 2.36 bits per heavy atom. The van der Waals surface area contributed by atoms with Crippen LogP contribution in [0.5, 0.6) is 0 Å². The Hall–Kier alpha value is 0.220. The third-order valence-electron chi connectivity index (χ3n) is 1.68. The molecule has 0 saturated heterocycles. The van der Waals surface area contributed by atoms with Gasteiger partial charge in [0.1, 0.15) is 10.1 Å². The van der Waals surface area contributed by atoms with Crippen LogP contribution in [0.1, 0.15) is 5.56 Å². The van der Waals surface area contributed by atoms with Crippen LogP contribution in [0.4, 0.5) is 5.69 Å². The summed E-state index contributed by atoms with van der Waals surface area (Å²) < 4.78 is 31.9. The Balaban J connectivity index is 0.00000169. The van der Waals surface area contributed by atoms with Crippen molar-refractivity contribution in [2.75, 3.05) is 5.73 Å². The molecule has 72 valence electrons. The first-order valence-corrected chi connectivity index (χ1v) is 5.13. The molecule has 1 rings (SSSR count). The van der Waals surface area contributed by atoms with Crippen LogP contribution in [0.15, 0.2) is 17.0 Å². The molecule has 0 aliphatic carbocycles. The van der Waals surface area contributed by atoms with Gasteiger partial charge in [0, 0.05) is 5.02 Å². The van der Waals surface area contributed by atoms with Crippen LogP contribution < -0.4 is 35.3 Å². The van der Waals surface area contributed by atoms with Crippen molar-refractivity contribution in [3.05, 3.63) is 22.7 Å². The van der Waals surface area contributed by atoms with Gasteiger partial charge < -0.3 is 10.3 Å². The number of hydrogen-bond donors (Lipinski definition) is 1. The minimum atomic E-state index is -4.51. The summed E-state index contributed by atoms with van der Waals surface area (Å²) in [6, 6.07) is 2.44. The van der Waals surface area contributed by atoms with Crippen LogP contribution >= 0.6 is 11.6 Å². The van der Waals surface area contributed by atoms with E-state index in [2.05, 4.69) is 0 Å². The van der Waals surface area contributed by atoms with Crippen LogP contribution in [0.3, 0.4) is 0 Å². The van der Waals surface area contributed by atoms with E-state index in [0.717, 1.165) is 6.07 Å². The molecule has 0 saturated carbocycles. The average Bonchev–Trinajstić information content (AvgIpc) is 1.98. The van der Waals surface area contributed by atoms with Gasteiger partial charge >= 0.3 is 29.6 Å². The fraction of sp³-hybridized carbons (Fsp3) is 0.143. The van der Waals surface area contributed by atoms with Gasteiger partial charge in [-0.25, -0.2) is 8.42 Å². The van der Waals surface area contributed by atoms with E-state index < -0.39 is 15.0 Å². The van der Waals surface area contributed by atoms with Crippen LogP contribution in [0.25, 0.3) is 0 Å². The van der Waals surface area contributed by atoms with E-state index in [4.69, 9.17) is 17.3 Å². The maximum Gasteiger partial charge on any atom is 1.00 e. The predicted molar refractivity (Wildman–Crippen MR) is 48.6 cm³/mol. The summed E-state index contributed by atoms with van der Waals surface area (Å²) in [6.07, 6.45) is 0. The molecule has 0 spiro atoms. The maximum absolute atomic E-state index is 10.6. The molecule has 0 aliphatic heterocycles. The normalized spacial score (nSPS) is 10.8. The van der Waals surface area contributed by atoms with Crippen molar-refractivity contribution in [1.29, 1.82) is 0 Å². The molecule has 14 heavy (non-hydrogen) atoms. The van der Waals surface area contributed by atoms with Gasteiger partial charge in [-0.15, -0.1) is 0 Å². The Morgan fingerprint density at radius 2 is 1.93 bits per heavy atom. The minimum absolute atomic E-state index is 0. The molecule has 0 amide bonds. The molecule has 0 heterocycles. The van der Waals surface area contributed by atoms with Crippen molar-refractivity contribution in [2.24, 2.45) is 0 Å². The SMILES string of the molecule is Cc1c(Cl)ccc(S(=O)(=O)[O-])c1N.[Na+]. The minimum Gasteiger partial charge on any atom is -0.744 e. The fourth-order valence-corrected chi connectivity index (χ4v) is 1.72. The van der Waals surface area contributed by atoms with Crippen LogP contribution in [-0.4, -0.2) is 13.0 Å². The second kappa shape index (κ2) is 4.83. The van der Waals surface area contributed by atoms with Gasteiger partial charge in [-0.1, -0.05) is 11.6 Å². The van der Waals surface area contributed by atoms with Crippen molar-refractivity contribution in [3.63, 3.8) is 0 Å². The van der Waals surface area contributed by atoms with Gasteiger partial charge in [-0.05, 0) is 24.6 Å². The van der Waals surface area contributed by atoms with Gasteiger partial charge in [0.05, 0.1) is 10.6 Å². The third-order valence-corrected chi connectivity index (χ3v) is 2.98. The number of benzene rings is 1. The van der Waals surface area contributed by atoms with Crippen LogP contribution in [0.2, 0.25) is 5.02 Å². The molecule has 0 unspecified atom stereocenters. The smallest absolute Gasteiger partial charge is 0.744 e.